The Morgan fingerprint density at radius 3 is 2.38 bits per heavy atom. The molecule has 0 aliphatic heterocycles. The van der Waals surface area contributed by atoms with E-state index in [4.69, 9.17) is 5.73 Å². The Balaban J connectivity index is 2.82. The molecular formula is C9H18N4. The van der Waals surface area contributed by atoms with Crippen molar-refractivity contribution < 1.29 is 0 Å². The highest BCUT2D eigenvalue weighted by atomic mass is 15.3. The summed E-state index contributed by atoms with van der Waals surface area (Å²) in [6.45, 7) is 6.23. The zero-order valence-corrected chi connectivity index (χ0v) is 8.78. The summed E-state index contributed by atoms with van der Waals surface area (Å²) in [5, 5.41) is 4.30. The molecule has 0 aliphatic rings. The van der Waals surface area contributed by atoms with E-state index in [1.54, 1.807) is 4.68 Å². The molecule has 1 aromatic heterocycles. The molecule has 2 N–H and O–H groups in total. The van der Waals surface area contributed by atoms with Gasteiger partial charge in [-0.25, -0.2) is 4.98 Å². The van der Waals surface area contributed by atoms with Gasteiger partial charge in [-0.1, -0.05) is 13.8 Å². The lowest BCUT2D eigenvalue weighted by Crippen LogP contribution is -2.11. The van der Waals surface area contributed by atoms with Gasteiger partial charge in [0.1, 0.15) is 5.82 Å². The summed E-state index contributed by atoms with van der Waals surface area (Å²) in [6.07, 6.45) is 0.917. The fraction of sp³-hybridized carbons (Fsp3) is 0.778. The van der Waals surface area contributed by atoms with Gasteiger partial charge >= 0.3 is 0 Å². The third kappa shape index (κ3) is 2.52. The molecular weight excluding hydrogens is 164 g/mol. The summed E-state index contributed by atoms with van der Waals surface area (Å²) >= 11 is 0. The SMILES string of the molecule is CC(C)Cc1nc(C(C)N)n(C)n1. The van der Waals surface area contributed by atoms with Crippen LogP contribution in [0.2, 0.25) is 0 Å². The van der Waals surface area contributed by atoms with E-state index in [0.717, 1.165) is 18.1 Å². The highest BCUT2D eigenvalue weighted by molar-refractivity contribution is 4.97. The molecule has 0 aromatic carbocycles. The van der Waals surface area contributed by atoms with Gasteiger partial charge in [0.25, 0.3) is 0 Å². The van der Waals surface area contributed by atoms with Crippen LogP contribution in [0.3, 0.4) is 0 Å². The first-order valence-corrected chi connectivity index (χ1v) is 4.66. The lowest BCUT2D eigenvalue weighted by atomic mass is 10.1. The second kappa shape index (κ2) is 3.87. The van der Waals surface area contributed by atoms with Crippen LogP contribution in [0.5, 0.6) is 0 Å². The number of aryl methyl sites for hydroxylation is 1. The third-order valence-corrected chi connectivity index (χ3v) is 1.84. The number of hydrogen-bond donors (Lipinski definition) is 1. The van der Waals surface area contributed by atoms with Crippen LogP contribution in [0, 0.1) is 5.92 Å². The van der Waals surface area contributed by atoms with E-state index < -0.39 is 0 Å². The smallest absolute Gasteiger partial charge is 0.151 e. The average Bonchev–Trinajstić information content (AvgIpc) is 2.29. The molecule has 1 atom stereocenters. The van der Waals surface area contributed by atoms with Gasteiger partial charge < -0.3 is 5.73 Å². The van der Waals surface area contributed by atoms with Gasteiger partial charge in [-0.2, -0.15) is 5.10 Å². The maximum absolute atomic E-state index is 5.74. The first kappa shape index (κ1) is 10.2. The Bertz CT molecular complexity index is 275. The second-order valence-corrected chi connectivity index (χ2v) is 3.90. The standard InChI is InChI=1S/C9H18N4/c1-6(2)5-8-11-9(7(3)10)13(4)12-8/h6-7H,5,10H2,1-4H3. The molecule has 74 valence electrons. The molecule has 0 aliphatic carbocycles. The lowest BCUT2D eigenvalue weighted by molar-refractivity contribution is 0.608. The third-order valence-electron chi connectivity index (χ3n) is 1.84. The largest absolute Gasteiger partial charge is 0.322 e. The van der Waals surface area contributed by atoms with Crippen molar-refractivity contribution in [2.24, 2.45) is 18.7 Å². The number of aromatic nitrogens is 3. The molecule has 1 heterocycles. The monoisotopic (exact) mass is 182 g/mol. The van der Waals surface area contributed by atoms with Crippen molar-refractivity contribution in [3.8, 4) is 0 Å². The normalized spacial score (nSPS) is 13.7. The van der Waals surface area contributed by atoms with Crippen molar-refractivity contribution in [1.29, 1.82) is 0 Å². The molecule has 0 radical (unpaired) electrons. The van der Waals surface area contributed by atoms with Crippen molar-refractivity contribution in [3.05, 3.63) is 11.6 Å². The van der Waals surface area contributed by atoms with Gasteiger partial charge in [0.05, 0.1) is 6.04 Å². The Labute approximate surface area is 79.2 Å². The zero-order valence-electron chi connectivity index (χ0n) is 8.78. The maximum Gasteiger partial charge on any atom is 0.151 e. The predicted octanol–water partition coefficient (Wildman–Crippen LogP) is 1.03. The summed E-state index contributed by atoms with van der Waals surface area (Å²) < 4.78 is 1.77. The van der Waals surface area contributed by atoms with Gasteiger partial charge in [0.2, 0.25) is 0 Å². The second-order valence-electron chi connectivity index (χ2n) is 3.90. The van der Waals surface area contributed by atoms with Crippen LogP contribution >= 0.6 is 0 Å². The molecule has 0 spiro atoms. The first-order chi connectivity index (χ1) is 6.00. The number of rotatable bonds is 3. The Morgan fingerprint density at radius 2 is 2.00 bits per heavy atom. The molecule has 4 nitrogen and oxygen atoms in total. The van der Waals surface area contributed by atoms with Crippen molar-refractivity contribution in [2.45, 2.75) is 33.2 Å². The summed E-state index contributed by atoms with van der Waals surface area (Å²) in [5.41, 5.74) is 5.74. The highest BCUT2D eigenvalue weighted by Crippen LogP contribution is 2.08. The van der Waals surface area contributed by atoms with E-state index in [9.17, 15) is 0 Å². The molecule has 1 rings (SSSR count). The van der Waals surface area contributed by atoms with Gasteiger partial charge in [-0.3, -0.25) is 4.68 Å². The fourth-order valence-electron chi connectivity index (χ4n) is 1.30. The van der Waals surface area contributed by atoms with Crippen LogP contribution in [0.15, 0.2) is 0 Å². The quantitative estimate of drug-likeness (QED) is 0.759. The van der Waals surface area contributed by atoms with E-state index in [-0.39, 0.29) is 6.04 Å². The van der Waals surface area contributed by atoms with Crippen LogP contribution in [-0.2, 0) is 13.5 Å². The van der Waals surface area contributed by atoms with Crippen molar-refractivity contribution in [2.75, 3.05) is 0 Å². The van der Waals surface area contributed by atoms with Gasteiger partial charge in [-0.05, 0) is 12.8 Å². The fourth-order valence-corrected chi connectivity index (χ4v) is 1.30. The van der Waals surface area contributed by atoms with E-state index >= 15 is 0 Å². The summed E-state index contributed by atoms with van der Waals surface area (Å²) in [5.74, 6) is 2.34. The van der Waals surface area contributed by atoms with E-state index in [0.29, 0.717) is 5.92 Å². The van der Waals surface area contributed by atoms with Crippen molar-refractivity contribution >= 4 is 0 Å². The van der Waals surface area contributed by atoms with E-state index in [1.807, 2.05) is 14.0 Å². The minimum Gasteiger partial charge on any atom is -0.322 e. The van der Waals surface area contributed by atoms with E-state index in [2.05, 4.69) is 23.9 Å². The number of nitrogens with two attached hydrogens (primary N) is 1. The van der Waals surface area contributed by atoms with Crippen LogP contribution in [0.4, 0.5) is 0 Å². The van der Waals surface area contributed by atoms with Crippen LogP contribution in [0.1, 0.15) is 38.5 Å². The minimum absolute atomic E-state index is 0.0431. The Morgan fingerprint density at radius 1 is 1.38 bits per heavy atom. The summed E-state index contributed by atoms with van der Waals surface area (Å²) in [7, 11) is 1.88. The summed E-state index contributed by atoms with van der Waals surface area (Å²) in [4.78, 5) is 4.38. The molecule has 0 fully saturated rings. The molecule has 0 bridgehead atoms. The molecule has 0 saturated carbocycles. The number of hydrogen-bond acceptors (Lipinski definition) is 3. The Hall–Kier alpha value is -0.900. The lowest BCUT2D eigenvalue weighted by Gasteiger charge is -2.01. The van der Waals surface area contributed by atoms with Gasteiger partial charge in [-0.15, -0.1) is 0 Å². The zero-order chi connectivity index (χ0) is 10.0. The topological polar surface area (TPSA) is 56.7 Å². The van der Waals surface area contributed by atoms with Crippen molar-refractivity contribution in [3.63, 3.8) is 0 Å². The van der Waals surface area contributed by atoms with Crippen LogP contribution in [-0.4, -0.2) is 14.8 Å². The molecule has 0 amide bonds. The Kier molecular flexibility index (Phi) is 3.03. The van der Waals surface area contributed by atoms with Crippen LogP contribution in [0.25, 0.3) is 0 Å². The predicted molar refractivity (Wildman–Crippen MR) is 52.1 cm³/mol. The average molecular weight is 182 g/mol. The van der Waals surface area contributed by atoms with Gasteiger partial charge in [0, 0.05) is 13.5 Å². The molecule has 13 heavy (non-hydrogen) atoms. The van der Waals surface area contributed by atoms with Crippen LogP contribution < -0.4 is 5.73 Å². The maximum atomic E-state index is 5.74. The molecule has 1 unspecified atom stereocenters. The first-order valence-electron chi connectivity index (χ1n) is 4.66. The molecule has 0 saturated heterocycles. The number of nitrogens with zero attached hydrogens (tertiary/aromatic N) is 3. The molecule has 1 aromatic rings. The molecule has 4 heteroatoms. The summed E-state index contributed by atoms with van der Waals surface area (Å²) in [6, 6.07) is -0.0431. The van der Waals surface area contributed by atoms with Crippen molar-refractivity contribution in [1.82, 2.24) is 14.8 Å². The minimum atomic E-state index is -0.0431. The van der Waals surface area contributed by atoms with Gasteiger partial charge in [0.15, 0.2) is 5.82 Å². The highest BCUT2D eigenvalue weighted by Gasteiger charge is 2.11. The van der Waals surface area contributed by atoms with E-state index in [1.165, 1.54) is 0 Å².